The summed E-state index contributed by atoms with van der Waals surface area (Å²) >= 11 is 0. The van der Waals surface area contributed by atoms with Crippen molar-refractivity contribution in [2.75, 3.05) is 25.0 Å². The molecule has 50 heavy (non-hydrogen) atoms. The van der Waals surface area contributed by atoms with Crippen LogP contribution in [0.2, 0.25) is 0 Å². The van der Waals surface area contributed by atoms with Crippen LogP contribution in [-0.4, -0.2) is 62.3 Å². The number of rotatable bonds is 14. The number of fused-ring (bicyclic) bond motifs is 1. The van der Waals surface area contributed by atoms with E-state index in [1.807, 2.05) is 77.4 Å². The number of likely N-dealkylation sites (tertiary alicyclic amines) is 1. The summed E-state index contributed by atoms with van der Waals surface area (Å²) in [5.41, 5.74) is 6.81. The van der Waals surface area contributed by atoms with Crippen LogP contribution in [0, 0.1) is 0 Å². The number of ether oxygens (including phenoxy) is 2. The summed E-state index contributed by atoms with van der Waals surface area (Å²) in [6.07, 6.45) is 5.21. The van der Waals surface area contributed by atoms with Gasteiger partial charge < -0.3 is 29.8 Å². The minimum atomic E-state index is -0.601. The Hall–Kier alpha value is -4.33. The summed E-state index contributed by atoms with van der Waals surface area (Å²) in [5, 5.41) is 21.1. The van der Waals surface area contributed by atoms with Gasteiger partial charge in [0, 0.05) is 56.2 Å². The number of benzene rings is 3. The van der Waals surface area contributed by atoms with Crippen LogP contribution in [0.3, 0.4) is 0 Å². The van der Waals surface area contributed by atoms with Gasteiger partial charge in [-0.05, 0) is 61.1 Å². The standard InChI is InChI=1S/C38H47N5O7/c44-25-26-11-13-27(14-12-26)34-23-31(24-42-21-19-30(20-22-42)43-33-8-6-5-7-32(33)40-38(43)47)49-37(50-34)28-15-17-29(18-16-28)39-35(45)9-3-1-2-4-10-36(46)41-48/h5-8,11-18,30-31,34,37,44,48H,1-4,9-10,19-25H2,(H,39,45)(H,40,47)(H,41,46)/t31-,34+,37+/m0/s1. The van der Waals surface area contributed by atoms with E-state index in [0.29, 0.717) is 24.9 Å². The predicted octanol–water partition coefficient (Wildman–Crippen LogP) is 5.49. The second-order valence-electron chi connectivity index (χ2n) is 13.3. The molecule has 12 heteroatoms. The second kappa shape index (κ2) is 17.1. The molecule has 266 valence electrons. The molecule has 3 heterocycles. The molecule has 12 nitrogen and oxygen atoms in total. The van der Waals surface area contributed by atoms with Crippen LogP contribution in [0.25, 0.3) is 11.0 Å². The Morgan fingerprint density at radius 1 is 0.840 bits per heavy atom. The minimum absolute atomic E-state index is 0.0187. The van der Waals surface area contributed by atoms with Crippen LogP contribution >= 0.6 is 0 Å². The fraction of sp³-hybridized carbons (Fsp3) is 0.447. The fourth-order valence-corrected chi connectivity index (χ4v) is 7.05. The predicted molar refractivity (Wildman–Crippen MR) is 188 cm³/mol. The zero-order valence-electron chi connectivity index (χ0n) is 28.3. The molecule has 4 aromatic rings. The number of imidazole rings is 1. The smallest absolute Gasteiger partial charge is 0.326 e. The number of hydroxylamine groups is 1. The highest BCUT2D eigenvalue weighted by Crippen LogP contribution is 2.39. The molecule has 0 unspecified atom stereocenters. The van der Waals surface area contributed by atoms with Crippen LogP contribution in [0.4, 0.5) is 5.69 Å². The van der Waals surface area contributed by atoms with Crippen molar-refractivity contribution >= 4 is 28.5 Å². The van der Waals surface area contributed by atoms with Crippen LogP contribution in [0.15, 0.2) is 77.6 Å². The highest BCUT2D eigenvalue weighted by Gasteiger charge is 2.34. The maximum atomic E-state index is 12.8. The lowest BCUT2D eigenvalue weighted by molar-refractivity contribution is -0.253. The van der Waals surface area contributed by atoms with Gasteiger partial charge in [-0.15, -0.1) is 0 Å². The number of nitrogens with one attached hydrogen (secondary N) is 3. The van der Waals surface area contributed by atoms with Crippen molar-refractivity contribution in [1.29, 1.82) is 0 Å². The highest BCUT2D eigenvalue weighted by atomic mass is 16.7. The number of H-pyrrole nitrogens is 1. The number of hydrogen-bond acceptors (Lipinski definition) is 8. The van der Waals surface area contributed by atoms with Crippen LogP contribution in [0.5, 0.6) is 0 Å². The third-order valence-corrected chi connectivity index (χ3v) is 9.77. The molecule has 0 bridgehead atoms. The quantitative estimate of drug-likeness (QED) is 0.0663. The normalized spacial score (nSPS) is 20.2. The van der Waals surface area contributed by atoms with E-state index < -0.39 is 12.2 Å². The Bertz CT molecular complexity index is 1760. The molecular formula is C38H47N5O7. The lowest BCUT2D eigenvalue weighted by Crippen LogP contribution is -2.43. The molecule has 2 saturated heterocycles. The van der Waals surface area contributed by atoms with E-state index in [1.54, 1.807) is 5.48 Å². The SMILES string of the molecule is O=C(CCCCCCC(=O)Nc1ccc([C@@H]2O[C@H](CN3CCC(n4c(=O)[nH]c5ccccc54)CC3)C[C@H](c3ccc(CO)cc3)O2)cc1)NO. The van der Waals surface area contributed by atoms with E-state index in [4.69, 9.17) is 14.7 Å². The zero-order chi connectivity index (χ0) is 34.9. The van der Waals surface area contributed by atoms with Crippen molar-refractivity contribution < 1.29 is 29.4 Å². The van der Waals surface area contributed by atoms with Gasteiger partial charge in [0.05, 0.1) is 29.8 Å². The molecule has 1 aromatic heterocycles. The molecule has 0 radical (unpaired) electrons. The summed E-state index contributed by atoms with van der Waals surface area (Å²) in [4.78, 5) is 41.8. The Kier molecular flexibility index (Phi) is 12.1. The first-order valence-electron chi connectivity index (χ1n) is 17.6. The second-order valence-corrected chi connectivity index (χ2v) is 13.3. The molecular weight excluding hydrogens is 638 g/mol. The molecule has 0 aliphatic carbocycles. The van der Waals surface area contributed by atoms with Crippen LogP contribution in [-0.2, 0) is 25.7 Å². The highest BCUT2D eigenvalue weighted by molar-refractivity contribution is 5.90. The summed E-state index contributed by atoms with van der Waals surface area (Å²) in [6.45, 7) is 2.43. The Morgan fingerprint density at radius 2 is 1.52 bits per heavy atom. The monoisotopic (exact) mass is 685 g/mol. The van der Waals surface area contributed by atoms with Crippen molar-refractivity contribution in [3.63, 3.8) is 0 Å². The zero-order valence-corrected chi connectivity index (χ0v) is 28.3. The van der Waals surface area contributed by atoms with E-state index in [9.17, 15) is 19.5 Å². The molecule has 6 rings (SSSR count). The number of hydrogen-bond donors (Lipinski definition) is 5. The largest absolute Gasteiger partial charge is 0.392 e. The first-order valence-corrected chi connectivity index (χ1v) is 17.6. The number of carbonyl (C=O) groups is 2. The van der Waals surface area contributed by atoms with Crippen molar-refractivity contribution in [3.05, 3.63) is 100.0 Å². The number of unbranched alkanes of at least 4 members (excludes halogenated alkanes) is 3. The summed E-state index contributed by atoms with van der Waals surface area (Å²) in [6, 6.07) is 23.4. The van der Waals surface area contributed by atoms with Crippen molar-refractivity contribution in [3.8, 4) is 0 Å². The van der Waals surface area contributed by atoms with Gasteiger partial charge in [-0.25, -0.2) is 10.3 Å². The first-order chi connectivity index (χ1) is 24.4. The first kappa shape index (κ1) is 35.5. The summed E-state index contributed by atoms with van der Waals surface area (Å²) in [7, 11) is 0. The van der Waals surface area contributed by atoms with E-state index in [1.165, 1.54) is 0 Å². The number of carbonyl (C=O) groups excluding carboxylic acids is 2. The number of piperidine rings is 1. The Labute approximate surface area is 291 Å². The molecule has 3 atom stereocenters. The van der Waals surface area contributed by atoms with Crippen molar-refractivity contribution in [2.45, 2.75) is 88.9 Å². The van der Waals surface area contributed by atoms with Gasteiger partial charge in [0.1, 0.15) is 0 Å². The number of anilines is 1. The molecule has 2 aliphatic rings. The molecule has 2 fully saturated rings. The van der Waals surface area contributed by atoms with Gasteiger partial charge in [-0.1, -0.05) is 61.4 Å². The van der Waals surface area contributed by atoms with E-state index in [0.717, 1.165) is 79.5 Å². The lowest BCUT2D eigenvalue weighted by Gasteiger charge is -2.40. The topological polar surface area (TPSA) is 158 Å². The van der Waals surface area contributed by atoms with Gasteiger partial charge in [0.25, 0.3) is 0 Å². The molecule has 5 N–H and O–H groups in total. The maximum Gasteiger partial charge on any atom is 0.326 e. The van der Waals surface area contributed by atoms with Gasteiger partial charge >= 0.3 is 5.69 Å². The number of nitrogens with zero attached hydrogens (tertiary/aromatic N) is 2. The molecule has 0 saturated carbocycles. The van der Waals surface area contributed by atoms with E-state index in [-0.39, 0.29) is 42.9 Å². The number of aromatic nitrogens is 2. The van der Waals surface area contributed by atoms with E-state index >= 15 is 0 Å². The molecule has 2 amide bonds. The number of para-hydroxylation sites is 2. The molecule has 2 aliphatic heterocycles. The Balaban J connectivity index is 1.06. The van der Waals surface area contributed by atoms with Crippen LogP contribution < -0.4 is 16.5 Å². The van der Waals surface area contributed by atoms with E-state index in [2.05, 4.69) is 15.2 Å². The number of aromatic amines is 1. The third-order valence-electron chi connectivity index (χ3n) is 9.77. The van der Waals surface area contributed by atoms with Gasteiger partial charge in [-0.2, -0.15) is 0 Å². The lowest BCUT2D eigenvalue weighted by atomic mass is 9.98. The number of aliphatic hydroxyl groups is 1. The molecule has 0 spiro atoms. The number of amides is 2. The third kappa shape index (κ3) is 9.06. The number of aliphatic hydroxyl groups excluding tert-OH is 1. The summed E-state index contributed by atoms with van der Waals surface area (Å²) < 4.78 is 15.0. The van der Waals surface area contributed by atoms with Crippen molar-refractivity contribution in [1.82, 2.24) is 19.9 Å². The minimum Gasteiger partial charge on any atom is -0.392 e. The fourth-order valence-electron chi connectivity index (χ4n) is 7.05. The maximum absolute atomic E-state index is 12.8. The van der Waals surface area contributed by atoms with Gasteiger partial charge in [0.2, 0.25) is 11.8 Å². The Morgan fingerprint density at radius 3 is 2.22 bits per heavy atom. The van der Waals surface area contributed by atoms with Gasteiger partial charge in [0.15, 0.2) is 6.29 Å². The average Bonchev–Trinajstić information content (AvgIpc) is 3.49. The van der Waals surface area contributed by atoms with Crippen molar-refractivity contribution in [2.24, 2.45) is 0 Å². The average molecular weight is 686 g/mol. The molecule has 3 aromatic carbocycles. The summed E-state index contributed by atoms with van der Waals surface area (Å²) in [5.74, 6) is -0.462. The van der Waals surface area contributed by atoms with Gasteiger partial charge in [-0.3, -0.25) is 19.4 Å². The van der Waals surface area contributed by atoms with Crippen LogP contribution in [0.1, 0.15) is 92.9 Å².